The molecule has 110 valence electrons. The van der Waals surface area contributed by atoms with Gasteiger partial charge in [-0.2, -0.15) is 0 Å². The topological polar surface area (TPSA) is 68.0 Å². The summed E-state index contributed by atoms with van der Waals surface area (Å²) in [6, 6.07) is 16.6. The first-order valence-electron chi connectivity index (χ1n) is 6.63. The predicted octanol–water partition coefficient (Wildman–Crippen LogP) is 3.21. The maximum atomic E-state index is 11.1. The Labute approximate surface area is 131 Å². The van der Waals surface area contributed by atoms with E-state index in [4.69, 9.17) is 16.7 Å². The van der Waals surface area contributed by atoms with Crippen LogP contribution in [0.5, 0.6) is 0 Å². The molecule has 1 aromatic heterocycles. The van der Waals surface area contributed by atoms with E-state index in [2.05, 4.69) is 10.3 Å². The summed E-state index contributed by atoms with van der Waals surface area (Å²) in [4.78, 5) is 11.1. The van der Waals surface area contributed by atoms with E-state index in [-0.39, 0.29) is 6.42 Å². The lowest BCUT2D eigenvalue weighted by Crippen LogP contribution is -2.04. The molecule has 0 aliphatic heterocycles. The molecule has 0 amide bonds. The summed E-state index contributed by atoms with van der Waals surface area (Å²) in [6.07, 6.45) is -0.190. The lowest BCUT2D eigenvalue weighted by atomic mass is 10.1. The molecule has 3 rings (SSSR count). The summed E-state index contributed by atoms with van der Waals surface area (Å²) in [5, 5.41) is 17.8. The van der Waals surface area contributed by atoms with Gasteiger partial charge in [0.25, 0.3) is 0 Å². The van der Waals surface area contributed by atoms with Crippen LogP contribution in [0.15, 0.2) is 54.6 Å². The second-order valence-electron chi connectivity index (χ2n) is 4.71. The second-order valence-corrected chi connectivity index (χ2v) is 5.15. The quantitative estimate of drug-likeness (QED) is 0.803. The largest absolute Gasteiger partial charge is 0.481 e. The molecule has 0 aliphatic rings. The van der Waals surface area contributed by atoms with Crippen molar-refractivity contribution in [2.24, 2.45) is 0 Å². The number of halogens is 1. The Morgan fingerprint density at radius 3 is 2.59 bits per heavy atom. The Hall–Kier alpha value is -2.66. The molecular weight excluding hydrogens is 302 g/mol. The van der Waals surface area contributed by atoms with Gasteiger partial charge in [-0.3, -0.25) is 4.79 Å². The number of rotatable bonds is 4. The number of aromatic nitrogens is 3. The summed E-state index contributed by atoms with van der Waals surface area (Å²) >= 11 is 6.03. The molecule has 5 nitrogen and oxygen atoms in total. The highest BCUT2D eigenvalue weighted by Crippen LogP contribution is 2.26. The summed E-state index contributed by atoms with van der Waals surface area (Å²) in [5.74, 6) is -0.949. The number of aliphatic carboxylic acids is 1. The van der Waals surface area contributed by atoms with E-state index in [9.17, 15) is 4.79 Å². The van der Waals surface area contributed by atoms with Crippen LogP contribution in [-0.2, 0) is 11.2 Å². The van der Waals surface area contributed by atoms with Gasteiger partial charge >= 0.3 is 5.97 Å². The Kier molecular flexibility index (Phi) is 3.89. The molecule has 0 bridgehead atoms. The van der Waals surface area contributed by atoms with Gasteiger partial charge in [0.2, 0.25) is 0 Å². The zero-order chi connectivity index (χ0) is 15.5. The number of nitrogens with zero attached hydrogens (tertiary/aromatic N) is 3. The van der Waals surface area contributed by atoms with Crippen molar-refractivity contribution >= 4 is 17.6 Å². The normalized spacial score (nSPS) is 10.6. The van der Waals surface area contributed by atoms with E-state index < -0.39 is 5.97 Å². The third kappa shape index (κ3) is 2.84. The molecule has 1 N–H and O–H groups in total. The number of hydrogen-bond donors (Lipinski definition) is 1. The van der Waals surface area contributed by atoms with E-state index in [0.717, 1.165) is 11.3 Å². The Morgan fingerprint density at radius 1 is 1.14 bits per heavy atom. The first-order valence-corrected chi connectivity index (χ1v) is 7.00. The SMILES string of the molecule is O=C(O)Cc1nnn(-c2cccc(Cl)c2)c1-c1ccccc1. The van der Waals surface area contributed by atoms with Crippen molar-refractivity contribution < 1.29 is 9.90 Å². The summed E-state index contributed by atoms with van der Waals surface area (Å²) in [6.45, 7) is 0. The van der Waals surface area contributed by atoms with Gasteiger partial charge in [-0.1, -0.05) is 53.2 Å². The van der Waals surface area contributed by atoms with Crippen molar-refractivity contribution in [2.45, 2.75) is 6.42 Å². The number of carbonyl (C=O) groups is 1. The highest BCUT2D eigenvalue weighted by Gasteiger charge is 2.18. The van der Waals surface area contributed by atoms with Crippen molar-refractivity contribution in [3.8, 4) is 16.9 Å². The first kappa shape index (κ1) is 14.3. The van der Waals surface area contributed by atoms with Gasteiger partial charge in [-0.05, 0) is 18.2 Å². The van der Waals surface area contributed by atoms with Crippen LogP contribution in [0.25, 0.3) is 16.9 Å². The van der Waals surface area contributed by atoms with Crippen molar-refractivity contribution in [3.05, 3.63) is 65.3 Å². The molecule has 6 heteroatoms. The third-order valence-corrected chi connectivity index (χ3v) is 3.39. The maximum absolute atomic E-state index is 11.1. The maximum Gasteiger partial charge on any atom is 0.309 e. The average Bonchev–Trinajstić information content (AvgIpc) is 2.91. The second kappa shape index (κ2) is 5.99. The van der Waals surface area contributed by atoms with E-state index in [1.807, 2.05) is 42.5 Å². The van der Waals surface area contributed by atoms with Crippen molar-refractivity contribution in [2.75, 3.05) is 0 Å². The van der Waals surface area contributed by atoms with E-state index in [1.165, 1.54) is 0 Å². The van der Waals surface area contributed by atoms with Crippen LogP contribution >= 0.6 is 11.6 Å². The fraction of sp³-hybridized carbons (Fsp3) is 0.0625. The summed E-state index contributed by atoms with van der Waals surface area (Å²) in [7, 11) is 0. The van der Waals surface area contributed by atoms with Crippen molar-refractivity contribution in [3.63, 3.8) is 0 Å². The highest BCUT2D eigenvalue weighted by molar-refractivity contribution is 6.30. The molecule has 0 saturated carbocycles. The van der Waals surface area contributed by atoms with E-state index in [0.29, 0.717) is 16.4 Å². The van der Waals surface area contributed by atoms with Gasteiger partial charge in [0.15, 0.2) is 0 Å². The molecule has 0 saturated heterocycles. The predicted molar refractivity (Wildman–Crippen MR) is 83.1 cm³/mol. The minimum atomic E-state index is -0.949. The lowest BCUT2D eigenvalue weighted by molar-refractivity contribution is -0.136. The number of carboxylic acids is 1. The van der Waals surface area contributed by atoms with Crippen LogP contribution < -0.4 is 0 Å². The minimum Gasteiger partial charge on any atom is -0.481 e. The number of carboxylic acid groups (broad SMARTS) is 1. The molecule has 1 heterocycles. The summed E-state index contributed by atoms with van der Waals surface area (Å²) < 4.78 is 1.61. The Bertz CT molecular complexity index is 815. The monoisotopic (exact) mass is 313 g/mol. The van der Waals surface area contributed by atoms with Crippen LogP contribution in [0.3, 0.4) is 0 Å². The molecule has 0 unspecified atom stereocenters. The van der Waals surface area contributed by atoms with E-state index >= 15 is 0 Å². The van der Waals surface area contributed by atoms with Gasteiger partial charge in [0.05, 0.1) is 17.8 Å². The Balaban J connectivity index is 2.19. The third-order valence-electron chi connectivity index (χ3n) is 3.16. The fourth-order valence-electron chi connectivity index (χ4n) is 2.25. The van der Waals surface area contributed by atoms with Crippen LogP contribution in [0.4, 0.5) is 0 Å². The van der Waals surface area contributed by atoms with Crippen molar-refractivity contribution in [1.29, 1.82) is 0 Å². The number of hydrogen-bond acceptors (Lipinski definition) is 3. The molecular formula is C16H12ClN3O2. The van der Waals surface area contributed by atoms with Gasteiger partial charge in [-0.25, -0.2) is 4.68 Å². The molecule has 3 aromatic rings. The average molecular weight is 314 g/mol. The molecule has 0 fully saturated rings. The molecule has 0 radical (unpaired) electrons. The van der Waals surface area contributed by atoms with Crippen LogP contribution in [-0.4, -0.2) is 26.1 Å². The fourth-order valence-corrected chi connectivity index (χ4v) is 2.43. The zero-order valence-electron chi connectivity index (χ0n) is 11.5. The van der Waals surface area contributed by atoms with Gasteiger partial charge < -0.3 is 5.11 Å². The molecule has 0 aliphatic carbocycles. The van der Waals surface area contributed by atoms with Gasteiger partial charge in [-0.15, -0.1) is 5.10 Å². The summed E-state index contributed by atoms with van der Waals surface area (Å²) in [5.41, 5.74) is 2.66. The smallest absolute Gasteiger partial charge is 0.309 e. The van der Waals surface area contributed by atoms with Crippen molar-refractivity contribution in [1.82, 2.24) is 15.0 Å². The highest BCUT2D eigenvalue weighted by atomic mass is 35.5. The standard InChI is InChI=1S/C16H12ClN3O2/c17-12-7-4-8-13(9-12)20-16(11-5-2-1-3-6-11)14(18-19-20)10-15(21)22/h1-9H,10H2,(H,21,22). The van der Waals surface area contributed by atoms with Crippen LogP contribution in [0.2, 0.25) is 5.02 Å². The molecule has 2 aromatic carbocycles. The Morgan fingerprint density at radius 2 is 1.91 bits per heavy atom. The van der Waals surface area contributed by atoms with Crippen LogP contribution in [0, 0.1) is 0 Å². The zero-order valence-corrected chi connectivity index (χ0v) is 12.2. The number of benzene rings is 2. The van der Waals surface area contributed by atoms with Gasteiger partial charge in [0, 0.05) is 10.6 Å². The first-order chi connectivity index (χ1) is 10.6. The lowest BCUT2D eigenvalue weighted by Gasteiger charge is -2.08. The van der Waals surface area contributed by atoms with Crippen LogP contribution in [0.1, 0.15) is 5.69 Å². The molecule has 22 heavy (non-hydrogen) atoms. The van der Waals surface area contributed by atoms with E-state index in [1.54, 1.807) is 16.8 Å². The molecule has 0 spiro atoms. The molecule has 0 atom stereocenters. The van der Waals surface area contributed by atoms with Gasteiger partial charge in [0.1, 0.15) is 5.69 Å². The minimum absolute atomic E-state index is 0.190.